The van der Waals surface area contributed by atoms with Gasteiger partial charge < -0.3 is 26.0 Å². The number of carbonyl (C=O) groups excluding carboxylic acids is 2. The highest BCUT2D eigenvalue weighted by molar-refractivity contribution is 6.07. The van der Waals surface area contributed by atoms with Crippen LogP contribution in [0.2, 0.25) is 0 Å². The van der Waals surface area contributed by atoms with Gasteiger partial charge in [0.25, 0.3) is 0 Å². The number of likely N-dealkylation sites (N-methyl/N-ethyl adjacent to an activating group) is 1. The summed E-state index contributed by atoms with van der Waals surface area (Å²) in [5.41, 5.74) is 11.3. The zero-order chi connectivity index (χ0) is 29.3. The van der Waals surface area contributed by atoms with Crippen LogP contribution in [0.4, 0.5) is 5.69 Å². The average molecular weight is 559 g/mol. The van der Waals surface area contributed by atoms with Gasteiger partial charge in [0.15, 0.2) is 5.78 Å². The minimum absolute atomic E-state index is 0.00473. The van der Waals surface area contributed by atoms with Crippen molar-refractivity contribution in [3.63, 3.8) is 0 Å². The van der Waals surface area contributed by atoms with E-state index in [0.717, 1.165) is 24.3 Å². The Morgan fingerprint density at radius 2 is 1.71 bits per heavy atom. The molecule has 0 saturated heterocycles. The molecule has 41 heavy (non-hydrogen) atoms. The maximum absolute atomic E-state index is 14.1. The third-order valence-corrected chi connectivity index (χ3v) is 9.54. The lowest BCUT2D eigenvalue weighted by Crippen LogP contribution is -2.51. The molecule has 3 aliphatic carbocycles. The van der Waals surface area contributed by atoms with Crippen molar-refractivity contribution in [3.05, 3.63) is 75.1 Å². The lowest BCUT2D eigenvalue weighted by atomic mass is 9.60. The Kier molecular flexibility index (Phi) is 6.62. The van der Waals surface area contributed by atoms with Crippen LogP contribution in [-0.4, -0.2) is 71.0 Å². The van der Waals surface area contributed by atoms with Crippen molar-refractivity contribution in [2.75, 3.05) is 33.1 Å². The molecule has 2 aromatic carbocycles. The molecule has 5 N–H and O–H groups in total. The predicted octanol–water partition coefficient (Wildman–Crippen LogP) is 3.25. The quantitative estimate of drug-likeness (QED) is 0.440. The number of hydrogen-bond donors (Lipinski definition) is 4. The molecule has 1 heterocycles. The van der Waals surface area contributed by atoms with Crippen LogP contribution >= 0.6 is 0 Å². The molecule has 1 fully saturated rings. The Bertz CT molecular complexity index is 1500. The smallest absolute Gasteiger partial charge is 0.248 e. The summed E-state index contributed by atoms with van der Waals surface area (Å²) in [5, 5.41) is 34.3. The van der Waals surface area contributed by atoms with Crippen LogP contribution in [0.5, 0.6) is 5.75 Å². The summed E-state index contributed by atoms with van der Waals surface area (Å²) in [4.78, 5) is 32.3. The van der Waals surface area contributed by atoms with Crippen LogP contribution in [0.3, 0.4) is 0 Å². The highest BCUT2D eigenvalue weighted by atomic mass is 16.3. The Labute approximate surface area is 240 Å². The number of allylic oxidation sites excluding steroid dienone is 1. The van der Waals surface area contributed by atoms with E-state index in [1.54, 1.807) is 0 Å². The standard InChI is InChI=1S/C32H38N4O5/c1-34(2)24-11-19(15-36-13-16-7-5-6-8-17(16)14-36)28(37)26-22(24)10-18-9-20-21(29(38)25(18)31(26)40)12-23(32(33)41)30(39)27(20)35(3)4/h5-8,11,18,20-21,27,37,39-40H,9-10,12-15H2,1-4H3,(H2,33,41)/t18?,20?,21?,27-/m0/s1. The number of carbonyl (C=O) groups is 2. The van der Waals surface area contributed by atoms with Crippen molar-refractivity contribution in [1.29, 1.82) is 0 Å². The van der Waals surface area contributed by atoms with Gasteiger partial charge in [-0.2, -0.15) is 0 Å². The van der Waals surface area contributed by atoms with Gasteiger partial charge in [0.1, 0.15) is 17.3 Å². The number of phenolic OH excluding ortho intramolecular Hbond substituents is 1. The average Bonchev–Trinajstić information content (AvgIpc) is 3.31. The zero-order valence-electron chi connectivity index (χ0n) is 24.0. The molecule has 0 bridgehead atoms. The fourth-order valence-corrected chi connectivity index (χ4v) is 7.73. The monoisotopic (exact) mass is 558 g/mol. The van der Waals surface area contributed by atoms with Crippen molar-refractivity contribution in [2.24, 2.45) is 23.5 Å². The number of fused-ring (bicyclic) bond motifs is 4. The van der Waals surface area contributed by atoms with Crippen molar-refractivity contribution in [3.8, 4) is 5.75 Å². The summed E-state index contributed by atoms with van der Waals surface area (Å²) in [5.74, 6) is -2.33. The van der Waals surface area contributed by atoms with E-state index >= 15 is 0 Å². The van der Waals surface area contributed by atoms with Gasteiger partial charge >= 0.3 is 0 Å². The van der Waals surface area contributed by atoms with E-state index in [2.05, 4.69) is 17.0 Å². The van der Waals surface area contributed by atoms with Gasteiger partial charge in [0.05, 0.1) is 17.2 Å². The van der Waals surface area contributed by atoms with Crippen LogP contribution in [0.15, 0.2) is 47.2 Å². The molecule has 2 aromatic rings. The first-order valence-corrected chi connectivity index (χ1v) is 14.2. The molecule has 9 heteroatoms. The van der Waals surface area contributed by atoms with E-state index in [1.807, 2.05) is 56.2 Å². The lowest BCUT2D eigenvalue weighted by Gasteiger charge is -2.47. The summed E-state index contributed by atoms with van der Waals surface area (Å²) in [6.45, 7) is 2.04. The molecule has 4 atom stereocenters. The van der Waals surface area contributed by atoms with Crippen LogP contribution in [0.1, 0.15) is 40.7 Å². The van der Waals surface area contributed by atoms with Gasteiger partial charge in [0, 0.05) is 56.5 Å². The number of Topliss-reactive ketones (excluding diaryl/α,β-unsaturated/α-hetero) is 1. The highest BCUT2D eigenvalue weighted by Crippen LogP contribution is 2.53. The first kappa shape index (κ1) is 27.4. The number of aliphatic hydroxyl groups is 2. The summed E-state index contributed by atoms with van der Waals surface area (Å²) >= 11 is 0. The van der Waals surface area contributed by atoms with Gasteiger partial charge in [-0.25, -0.2) is 0 Å². The van der Waals surface area contributed by atoms with E-state index < -0.39 is 17.9 Å². The number of anilines is 1. The number of nitrogens with two attached hydrogens (primary N) is 1. The number of aromatic hydroxyl groups is 1. The van der Waals surface area contributed by atoms with Crippen molar-refractivity contribution < 1.29 is 24.9 Å². The first-order chi connectivity index (χ1) is 19.5. The molecule has 1 aliphatic heterocycles. The molecular weight excluding hydrogens is 520 g/mol. The minimum atomic E-state index is -0.739. The van der Waals surface area contributed by atoms with Crippen LogP contribution in [0, 0.1) is 17.8 Å². The highest BCUT2D eigenvalue weighted by Gasteiger charge is 2.52. The Morgan fingerprint density at radius 1 is 1.05 bits per heavy atom. The van der Waals surface area contributed by atoms with Gasteiger partial charge in [-0.3, -0.25) is 19.4 Å². The molecule has 1 saturated carbocycles. The number of ketones is 1. The second-order valence-corrected chi connectivity index (χ2v) is 12.4. The maximum atomic E-state index is 14.1. The van der Waals surface area contributed by atoms with E-state index in [1.165, 1.54) is 11.1 Å². The van der Waals surface area contributed by atoms with Crippen molar-refractivity contribution >= 4 is 23.1 Å². The maximum Gasteiger partial charge on any atom is 0.248 e. The third-order valence-electron chi connectivity index (χ3n) is 9.54. The summed E-state index contributed by atoms with van der Waals surface area (Å²) in [7, 11) is 7.51. The molecule has 9 nitrogen and oxygen atoms in total. The number of phenols is 1. The normalized spacial score (nSPS) is 25.6. The molecule has 1 amide bonds. The van der Waals surface area contributed by atoms with Crippen LogP contribution in [0.25, 0.3) is 5.76 Å². The first-order valence-electron chi connectivity index (χ1n) is 14.2. The summed E-state index contributed by atoms with van der Waals surface area (Å²) in [6.07, 6.45) is 1.07. The summed E-state index contributed by atoms with van der Waals surface area (Å²) in [6, 6.07) is 9.78. The largest absolute Gasteiger partial charge is 0.510 e. The molecule has 0 spiro atoms. The molecule has 3 unspecified atom stereocenters. The number of amides is 1. The molecule has 4 aliphatic rings. The van der Waals surface area contributed by atoms with Crippen LogP contribution in [-0.2, 0) is 35.6 Å². The molecular formula is C32H38N4O5. The van der Waals surface area contributed by atoms with E-state index in [9.17, 15) is 24.9 Å². The van der Waals surface area contributed by atoms with Gasteiger partial charge in [-0.15, -0.1) is 0 Å². The number of benzene rings is 2. The Morgan fingerprint density at radius 3 is 2.29 bits per heavy atom. The number of aliphatic hydroxyl groups excluding tert-OH is 2. The Hall–Kier alpha value is -3.82. The van der Waals surface area contributed by atoms with Gasteiger partial charge in [-0.1, -0.05) is 24.3 Å². The second-order valence-electron chi connectivity index (χ2n) is 12.4. The second kappa shape index (κ2) is 9.92. The fourth-order valence-electron chi connectivity index (χ4n) is 7.73. The number of primary amides is 1. The molecule has 0 radical (unpaired) electrons. The molecule has 0 aromatic heterocycles. The van der Waals surface area contributed by atoms with Gasteiger partial charge in [-0.05, 0) is 68.0 Å². The van der Waals surface area contributed by atoms with E-state index in [0.29, 0.717) is 36.1 Å². The minimum Gasteiger partial charge on any atom is -0.510 e. The topological polar surface area (TPSA) is 131 Å². The lowest BCUT2D eigenvalue weighted by molar-refractivity contribution is -0.125. The van der Waals surface area contributed by atoms with Crippen molar-refractivity contribution in [2.45, 2.75) is 44.9 Å². The number of hydrogen-bond acceptors (Lipinski definition) is 8. The van der Waals surface area contributed by atoms with Gasteiger partial charge in [0.2, 0.25) is 5.91 Å². The molecule has 216 valence electrons. The third kappa shape index (κ3) is 4.30. The van der Waals surface area contributed by atoms with Crippen molar-refractivity contribution in [1.82, 2.24) is 9.80 Å². The molecule has 6 rings (SSSR count). The number of nitrogens with zero attached hydrogens (tertiary/aromatic N) is 3. The zero-order valence-corrected chi connectivity index (χ0v) is 24.0. The predicted molar refractivity (Wildman–Crippen MR) is 156 cm³/mol. The SMILES string of the molecule is CN(C)c1cc(CN2Cc3ccccc3C2)c(O)c2c1CC1CC3C(CC(C(N)=O)=C(O)[C@H]3N(C)C)C(=O)C1=C2O. The number of rotatable bonds is 5. The van der Waals surface area contributed by atoms with E-state index in [-0.39, 0.29) is 46.9 Å². The van der Waals surface area contributed by atoms with E-state index in [4.69, 9.17) is 5.73 Å². The van der Waals surface area contributed by atoms with Crippen LogP contribution < -0.4 is 10.6 Å². The fraction of sp³-hybridized carbons (Fsp3) is 0.438. The Balaban J connectivity index is 1.41. The summed E-state index contributed by atoms with van der Waals surface area (Å²) < 4.78 is 0.